The molecule has 0 spiro atoms. The molecule has 0 unspecified atom stereocenters. The second-order valence-electron chi connectivity index (χ2n) is 7.76. The third-order valence-electron chi connectivity index (χ3n) is 5.45. The van der Waals surface area contributed by atoms with Gasteiger partial charge in [0.1, 0.15) is 18.2 Å². The molecule has 0 aromatic heterocycles. The molecule has 4 nitrogen and oxygen atoms in total. The second kappa shape index (κ2) is 8.04. The SMILES string of the molecule is Cc1cc2c(c3c1C(=O)/C(=C/c1cccc(Cl)c1)O3)CN(Cc1ccc(Cl)cc1)CO2. The number of Topliss-reactive ketones (excluding diaryl/α,β-unsaturated/α-hetero) is 1. The Kier molecular flexibility index (Phi) is 5.22. The highest BCUT2D eigenvalue weighted by Crippen LogP contribution is 2.44. The van der Waals surface area contributed by atoms with Crippen molar-refractivity contribution in [3.63, 3.8) is 0 Å². The zero-order valence-corrected chi connectivity index (χ0v) is 18.3. The fraction of sp³-hybridized carbons (Fsp3) is 0.160. The van der Waals surface area contributed by atoms with Crippen LogP contribution in [0.5, 0.6) is 11.5 Å². The Morgan fingerprint density at radius 3 is 2.65 bits per heavy atom. The van der Waals surface area contributed by atoms with E-state index in [1.54, 1.807) is 18.2 Å². The monoisotopic (exact) mass is 451 g/mol. The number of halogens is 2. The number of ketones is 1. The van der Waals surface area contributed by atoms with Crippen molar-refractivity contribution in [1.29, 1.82) is 0 Å². The van der Waals surface area contributed by atoms with Gasteiger partial charge in [-0.2, -0.15) is 0 Å². The van der Waals surface area contributed by atoms with E-state index >= 15 is 0 Å². The van der Waals surface area contributed by atoms with Gasteiger partial charge in [-0.15, -0.1) is 0 Å². The molecular formula is C25H19Cl2NO3. The number of carbonyl (C=O) groups is 1. The predicted molar refractivity (Wildman–Crippen MR) is 122 cm³/mol. The molecule has 156 valence electrons. The van der Waals surface area contributed by atoms with E-state index in [0.29, 0.717) is 46.9 Å². The van der Waals surface area contributed by atoms with Crippen LogP contribution in [0.1, 0.15) is 32.6 Å². The van der Waals surface area contributed by atoms with Crippen LogP contribution in [0, 0.1) is 6.92 Å². The van der Waals surface area contributed by atoms with Gasteiger partial charge >= 0.3 is 0 Å². The molecule has 0 fully saturated rings. The molecule has 2 aliphatic rings. The van der Waals surface area contributed by atoms with Crippen LogP contribution in [0.3, 0.4) is 0 Å². The summed E-state index contributed by atoms with van der Waals surface area (Å²) in [7, 11) is 0. The van der Waals surface area contributed by atoms with E-state index < -0.39 is 0 Å². The summed E-state index contributed by atoms with van der Waals surface area (Å²) in [5.41, 5.74) is 4.29. The fourth-order valence-electron chi connectivity index (χ4n) is 3.97. The maximum absolute atomic E-state index is 13.1. The number of carbonyl (C=O) groups excluding carboxylic acids is 1. The molecular weight excluding hydrogens is 433 g/mol. The standard InChI is InChI=1S/C25H19Cl2NO3/c1-15-9-21-20(13-28(14-30-21)12-16-5-7-18(26)8-6-16)25-23(15)24(29)22(31-25)11-17-3-2-4-19(27)10-17/h2-11H,12-14H2,1H3/b22-11-. The van der Waals surface area contributed by atoms with Gasteiger partial charge in [-0.1, -0.05) is 47.5 Å². The molecule has 0 saturated carbocycles. The molecule has 3 aromatic rings. The highest BCUT2D eigenvalue weighted by atomic mass is 35.5. The van der Waals surface area contributed by atoms with Crippen LogP contribution in [0.15, 0.2) is 60.4 Å². The zero-order valence-electron chi connectivity index (χ0n) is 16.8. The lowest BCUT2D eigenvalue weighted by Crippen LogP contribution is -2.31. The Labute approximate surface area is 190 Å². The molecule has 0 saturated heterocycles. The van der Waals surface area contributed by atoms with Crippen molar-refractivity contribution >= 4 is 35.1 Å². The number of hydrogen-bond acceptors (Lipinski definition) is 4. The Bertz CT molecular complexity index is 1220. The third kappa shape index (κ3) is 3.94. The zero-order chi connectivity index (χ0) is 21.5. The molecule has 3 aromatic carbocycles. The van der Waals surface area contributed by atoms with Crippen molar-refractivity contribution in [3.05, 3.63) is 98.2 Å². The number of nitrogens with zero attached hydrogens (tertiary/aromatic N) is 1. The summed E-state index contributed by atoms with van der Waals surface area (Å²) >= 11 is 12.1. The minimum Gasteiger partial charge on any atom is -0.478 e. The van der Waals surface area contributed by atoms with Crippen molar-refractivity contribution < 1.29 is 14.3 Å². The minimum atomic E-state index is -0.120. The van der Waals surface area contributed by atoms with E-state index in [1.807, 2.05) is 49.4 Å². The van der Waals surface area contributed by atoms with Crippen LogP contribution in [0.25, 0.3) is 6.08 Å². The topological polar surface area (TPSA) is 38.8 Å². The summed E-state index contributed by atoms with van der Waals surface area (Å²) in [4.78, 5) is 15.3. The first-order valence-electron chi connectivity index (χ1n) is 9.94. The van der Waals surface area contributed by atoms with E-state index in [0.717, 1.165) is 28.0 Å². The summed E-state index contributed by atoms with van der Waals surface area (Å²) < 4.78 is 12.1. The summed E-state index contributed by atoms with van der Waals surface area (Å²) in [5, 5.41) is 1.32. The van der Waals surface area contributed by atoms with Gasteiger partial charge in [0, 0.05) is 23.1 Å². The van der Waals surface area contributed by atoms with Crippen LogP contribution >= 0.6 is 23.2 Å². The van der Waals surface area contributed by atoms with E-state index in [2.05, 4.69) is 4.90 Å². The molecule has 0 atom stereocenters. The average Bonchev–Trinajstić information content (AvgIpc) is 3.07. The van der Waals surface area contributed by atoms with Gasteiger partial charge in [0.25, 0.3) is 0 Å². The van der Waals surface area contributed by atoms with Gasteiger partial charge in [0.2, 0.25) is 5.78 Å². The van der Waals surface area contributed by atoms with Gasteiger partial charge in [-0.25, -0.2) is 0 Å². The van der Waals surface area contributed by atoms with Crippen LogP contribution in [-0.4, -0.2) is 17.4 Å². The number of ether oxygens (including phenoxy) is 2. The Balaban J connectivity index is 1.46. The predicted octanol–water partition coefficient (Wildman–Crippen LogP) is 6.27. The highest BCUT2D eigenvalue weighted by Gasteiger charge is 2.35. The molecule has 31 heavy (non-hydrogen) atoms. The molecule has 0 radical (unpaired) electrons. The van der Waals surface area contributed by atoms with E-state index in [9.17, 15) is 4.79 Å². The first-order valence-corrected chi connectivity index (χ1v) is 10.7. The molecule has 0 N–H and O–H groups in total. The van der Waals surface area contributed by atoms with Gasteiger partial charge < -0.3 is 9.47 Å². The van der Waals surface area contributed by atoms with E-state index in [-0.39, 0.29) is 5.78 Å². The number of aryl methyl sites for hydroxylation is 1. The normalized spacial score (nSPS) is 16.6. The largest absolute Gasteiger partial charge is 0.478 e. The molecule has 6 heteroatoms. The van der Waals surface area contributed by atoms with Crippen molar-refractivity contribution in [2.75, 3.05) is 6.73 Å². The smallest absolute Gasteiger partial charge is 0.232 e. The number of fused-ring (bicyclic) bond motifs is 3. The Morgan fingerprint density at radius 2 is 1.87 bits per heavy atom. The molecule has 2 aliphatic heterocycles. The van der Waals surface area contributed by atoms with Crippen molar-refractivity contribution in [3.8, 4) is 11.5 Å². The van der Waals surface area contributed by atoms with Crippen LogP contribution in [0.4, 0.5) is 0 Å². The average molecular weight is 452 g/mol. The first kappa shape index (κ1) is 20.1. The molecule has 0 aliphatic carbocycles. The van der Waals surface area contributed by atoms with Gasteiger partial charge in [0.15, 0.2) is 5.76 Å². The fourth-order valence-corrected chi connectivity index (χ4v) is 4.30. The van der Waals surface area contributed by atoms with Crippen molar-refractivity contribution in [2.45, 2.75) is 20.0 Å². The lowest BCUT2D eigenvalue weighted by Gasteiger charge is -2.30. The molecule has 2 heterocycles. The van der Waals surface area contributed by atoms with E-state index in [4.69, 9.17) is 32.7 Å². The number of rotatable bonds is 3. The van der Waals surface area contributed by atoms with Gasteiger partial charge in [-0.3, -0.25) is 9.69 Å². The van der Waals surface area contributed by atoms with Gasteiger partial charge in [-0.05, 0) is 60.0 Å². The molecule has 0 amide bonds. The van der Waals surface area contributed by atoms with Crippen LogP contribution in [-0.2, 0) is 13.1 Å². The second-order valence-corrected chi connectivity index (χ2v) is 8.63. The highest BCUT2D eigenvalue weighted by molar-refractivity contribution is 6.31. The molecule has 5 rings (SSSR count). The molecule has 0 bridgehead atoms. The van der Waals surface area contributed by atoms with Crippen molar-refractivity contribution in [2.24, 2.45) is 0 Å². The lowest BCUT2D eigenvalue weighted by molar-refractivity contribution is 0.0872. The van der Waals surface area contributed by atoms with E-state index in [1.165, 1.54) is 0 Å². The van der Waals surface area contributed by atoms with Crippen LogP contribution in [0.2, 0.25) is 10.0 Å². The Hall–Kier alpha value is -2.79. The lowest BCUT2D eigenvalue weighted by atomic mass is 9.98. The van der Waals surface area contributed by atoms with Crippen molar-refractivity contribution in [1.82, 2.24) is 4.90 Å². The van der Waals surface area contributed by atoms with Crippen LogP contribution < -0.4 is 9.47 Å². The third-order valence-corrected chi connectivity index (χ3v) is 5.94. The summed E-state index contributed by atoms with van der Waals surface area (Å²) in [6.07, 6.45) is 1.73. The minimum absolute atomic E-state index is 0.120. The number of benzene rings is 3. The quantitative estimate of drug-likeness (QED) is 0.439. The first-order chi connectivity index (χ1) is 15.0. The summed E-state index contributed by atoms with van der Waals surface area (Å²) in [6.45, 7) is 3.70. The summed E-state index contributed by atoms with van der Waals surface area (Å²) in [6, 6.07) is 17.0. The maximum atomic E-state index is 13.1. The van der Waals surface area contributed by atoms with Gasteiger partial charge in [0.05, 0.1) is 11.1 Å². The number of hydrogen-bond donors (Lipinski definition) is 0. The summed E-state index contributed by atoms with van der Waals surface area (Å²) in [5.74, 6) is 1.53. The number of allylic oxidation sites excluding steroid dienone is 1. The maximum Gasteiger partial charge on any atom is 0.232 e. The Morgan fingerprint density at radius 1 is 1.06 bits per heavy atom.